The molecule has 0 unspecified atom stereocenters. The molecule has 0 aliphatic rings. The summed E-state index contributed by atoms with van der Waals surface area (Å²) in [6.07, 6.45) is 2.69. The van der Waals surface area contributed by atoms with E-state index in [9.17, 15) is 19.7 Å². The number of anilines is 1. The van der Waals surface area contributed by atoms with Crippen molar-refractivity contribution < 1.29 is 9.72 Å². The van der Waals surface area contributed by atoms with E-state index in [0.717, 1.165) is 0 Å². The zero-order valence-electron chi connectivity index (χ0n) is 15.1. The van der Waals surface area contributed by atoms with Gasteiger partial charge in [-0.1, -0.05) is 12.1 Å². The minimum atomic E-state index is -0.512. The molecule has 1 amide bonds. The fourth-order valence-electron chi connectivity index (χ4n) is 3.00. The zero-order chi connectivity index (χ0) is 20.5. The number of nitro groups is 1. The van der Waals surface area contributed by atoms with Crippen molar-refractivity contribution in [2.45, 2.75) is 6.92 Å². The van der Waals surface area contributed by atoms with Gasteiger partial charge in [0.05, 0.1) is 28.8 Å². The molecule has 0 saturated carbocycles. The van der Waals surface area contributed by atoms with E-state index in [-0.39, 0.29) is 11.2 Å². The van der Waals surface area contributed by atoms with Crippen LogP contribution in [-0.2, 0) is 0 Å². The predicted molar refractivity (Wildman–Crippen MR) is 105 cm³/mol. The minimum Gasteiger partial charge on any atom is -0.320 e. The predicted octanol–water partition coefficient (Wildman–Crippen LogP) is 2.58. The smallest absolute Gasteiger partial charge is 0.269 e. The van der Waals surface area contributed by atoms with Crippen molar-refractivity contribution >= 4 is 28.3 Å². The molecule has 0 spiro atoms. The summed E-state index contributed by atoms with van der Waals surface area (Å²) in [4.78, 5) is 41.7. The molecule has 0 aliphatic carbocycles. The molecule has 29 heavy (non-hydrogen) atoms. The van der Waals surface area contributed by atoms with Crippen LogP contribution in [0.5, 0.6) is 0 Å². The van der Waals surface area contributed by atoms with Gasteiger partial charge in [-0.2, -0.15) is 5.10 Å². The molecule has 0 aliphatic heterocycles. The Morgan fingerprint density at radius 2 is 2.03 bits per heavy atom. The number of nitrogens with one attached hydrogen (secondary N) is 2. The van der Waals surface area contributed by atoms with Crippen molar-refractivity contribution in [2.75, 3.05) is 5.32 Å². The highest BCUT2D eigenvalue weighted by atomic mass is 16.6. The van der Waals surface area contributed by atoms with Crippen LogP contribution >= 0.6 is 0 Å². The van der Waals surface area contributed by atoms with E-state index < -0.39 is 10.8 Å². The number of nitro benzene ring substituents is 1. The van der Waals surface area contributed by atoms with Crippen LogP contribution in [0.4, 0.5) is 11.4 Å². The van der Waals surface area contributed by atoms with Crippen molar-refractivity contribution in [3.8, 4) is 5.69 Å². The lowest BCUT2D eigenvalue weighted by Gasteiger charge is -2.12. The highest BCUT2D eigenvalue weighted by Gasteiger charge is 2.17. The quantitative estimate of drug-likeness (QED) is 0.406. The highest BCUT2D eigenvalue weighted by molar-refractivity contribution is 6.06. The molecule has 2 heterocycles. The molecule has 0 radical (unpaired) electrons. The first-order valence-corrected chi connectivity index (χ1v) is 8.53. The average Bonchev–Trinajstić information content (AvgIpc) is 3.13. The molecular weight excluding hydrogens is 376 g/mol. The molecule has 10 heteroatoms. The molecule has 4 rings (SSSR count). The number of non-ortho nitro benzene ring substituents is 1. The molecule has 2 aromatic carbocycles. The molecule has 10 nitrogen and oxygen atoms in total. The number of rotatable bonds is 4. The maximum atomic E-state index is 12.8. The van der Waals surface area contributed by atoms with Gasteiger partial charge in [0, 0.05) is 17.7 Å². The van der Waals surface area contributed by atoms with Crippen LogP contribution in [-0.4, -0.2) is 30.6 Å². The zero-order valence-corrected chi connectivity index (χ0v) is 15.1. The van der Waals surface area contributed by atoms with Gasteiger partial charge >= 0.3 is 0 Å². The summed E-state index contributed by atoms with van der Waals surface area (Å²) in [5.74, 6) is -0.424. The Kier molecular flexibility index (Phi) is 4.36. The van der Waals surface area contributed by atoms with E-state index in [1.165, 1.54) is 35.4 Å². The van der Waals surface area contributed by atoms with Crippen LogP contribution in [0.2, 0.25) is 0 Å². The van der Waals surface area contributed by atoms with Crippen molar-refractivity contribution in [3.05, 3.63) is 86.6 Å². The molecule has 0 bridgehead atoms. The summed E-state index contributed by atoms with van der Waals surface area (Å²) in [6, 6.07) is 11.0. The molecule has 144 valence electrons. The number of amides is 1. The Hall–Kier alpha value is -4.34. The lowest BCUT2D eigenvalue weighted by atomic mass is 10.1. The molecule has 0 saturated heterocycles. The van der Waals surface area contributed by atoms with Crippen LogP contribution in [0.3, 0.4) is 0 Å². The number of carbonyl (C=O) groups is 1. The fourth-order valence-corrected chi connectivity index (χ4v) is 3.00. The standard InChI is InChI=1S/C19H14N6O4/c1-11-8-12(25(28)29)6-7-13(11)19(27)23-15-4-2-3-5-16(15)24-17-14(9-22-24)18(26)21-10-20-17/h2-10H,1H3,(H,23,27)(H,20,21,26). The van der Waals surface area contributed by atoms with E-state index >= 15 is 0 Å². The van der Waals surface area contributed by atoms with Gasteiger partial charge < -0.3 is 10.3 Å². The monoisotopic (exact) mass is 390 g/mol. The Morgan fingerprint density at radius 1 is 1.24 bits per heavy atom. The summed E-state index contributed by atoms with van der Waals surface area (Å²) >= 11 is 0. The Bertz CT molecular complexity index is 1320. The van der Waals surface area contributed by atoms with Crippen LogP contribution in [0.25, 0.3) is 16.7 Å². The number of hydrogen-bond donors (Lipinski definition) is 2. The Balaban J connectivity index is 1.72. The largest absolute Gasteiger partial charge is 0.320 e. The molecule has 0 fully saturated rings. The second-order valence-corrected chi connectivity index (χ2v) is 6.25. The SMILES string of the molecule is Cc1cc([N+](=O)[O-])ccc1C(=O)Nc1ccccc1-n1ncc2c(=O)[nH]cnc21. The topological polar surface area (TPSA) is 136 Å². The van der Waals surface area contributed by atoms with Gasteiger partial charge in [0.1, 0.15) is 5.39 Å². The van der Waals surface area contributed by atoms with Gasteiger partial charge in [-0.05, 0) is 30.7 Å². The van der Waals surface area contributed by atoms with Crippen molar-refractivity contribution in [3.63, 3.8) is 0 Å². The minimum absolute atomic E-state index is 0.0845. The van der Waals surface area contributed by atoms with Gasteiger partial charge in [0.25, 0.3) is 17.2 Å². The van der Waals surface area contributed by atoms with Crippen molar-refractivity contribution in [2.24, 2.45) is 0 Å². The second kappa shape index (κ2) is 7.00. The summed E-state index contributed by atoms with van der Waals surface area (Å²) in [7, 11) is 0. The van der Waals surface area contributed by atoms with E-state index in [1.807, 2.05) is 0 Å². The highest BCUT2D eigenvalue weighted by Crippen LogP contribution is 2.24. The van der Waals surface area contributed by atoms with Crippen LogP contribution < -0.4 is 10.9 Å². The number of aryl methyl sites for hydroxylation is 1. The maximum absolute atomic E-state index is 12.8. The van der Waals surface area contributed by atoms with Crippen LogP contribution in [0, 0.1) is 17.0 Å². The molecule has 4 aromatic rings. The van der Waals surface area contributed by atoms with Crippen LogP contribution in [0.1, 0.15) is 15.9 Å². The number of aromatic nitrogens is 4. The summed E-state index contributed by atoms with van der Waals surface area (Å²) < 4.78 is 1.46. The third-order valence-corrected chi connectivity index (χ3v) is 4.42. The lowest BCUT2D eigenvalue weighted by molar-refractivity contribution is -0.384. The fraction of sp³-hybridized carbons (Fsp3) is 0.0526. The van der Waals surface area contributed by atoms with Gasteiger partial charge in [0.2, 0.25) is 0 Å². The van der Waals surface area contributed by atoms with Gasteiger partial charge in [-0.15, -0.1) is 0 Å². The lowest BCUT2D eigenvalue weighted by Crippen LogP contribution is -2.15. The van der Waals surface area contributed by atoms with E-state index in [1.54, 1.807) is 31.2 Å². The molecular formula is C19H14N6O4. The Morgan fingerprint density at radius 3 is 2.79 bits per heavy atom. The third kappa shape index (κ3) is 3.23. The summed E-state index contributed by atoms with van der Waals surface area (Å²) in [6.45, 7) is 1.63. The first kappa shape index (κ1) is 18.0. The summed E-state index contributed by atoms with van der Waals surface area (Å²) in [5.41, 5.74) is 1.71. The molecule has 2 N–H and O–H groups in total. The first-order valence-electron chi connectivity index (χ1n) is 8.53. The number of fused-ring (bicyclic) bond motifs is 1. The number of benzene rings is 2. The van der Waals surface area contributed by atoms with Gasteiger partial charge in [0.15, 0.2) is 5.65 Å². The summed E-state index contributed by atoms with van der Waals surface area (Å²) in [5, 5.41) is 18.2. The number of carbonyl (C=O) groups excluding carboxylic acids is 1. The first-order chi connectivity index (χ1) is 14.0. The number of hydrogen-bond acceptors (Lipinski definition) is 6. The number of aromatic amines is 1. The number of nitrogens with zero attached hydrogens (tertiary/aromatic N) is 4. The number of H-pyrrole nitrogens is 1. The van der Waals surface area contributed by atoms with Crippen molar-refractivity contribution in [1.82, 2.24) is 19.7 Å². The van der Waals surface area contributed by atoms with Gasteiger partial charge in [-0.25, -0.2) is 9.67 Å². The number of para-hydroxylation sites is 2. The van der Waals surface area contributed by atoms with E-state index in [2.05, 4.69) is 20.4 Å². The van der Waals surface area contributed by atoms with Crippen molar-refractivity contribution in [1.29, 1.82) is 0 Å². The second-order valence-electron chi connectivity index (χ2n) is 6.25. The van der Waals surface area contributed by atoms with Gasteiger partial charge in [-0.3, -0.25) is 19.7 Å². The maximum Gasteiger partial charge on any atom is 0.269 e. The van der Waals surface area contributed by atoms with E-state index in [0.29, 0.717) is 33.5 Å². The average molecular weight is 390 g/mol. The normalized spacial score (nSPS) is 10.8. The molecule has 2 aromatic heterocycles. The Labute approximate surface area is 163 Å². The third-order valence-electron chi connectivity index (χ3n) is 4.42. The van der Waals surface area contributed by atoms with E-state index in [4.69, 9.17) is 0 Å². The van der Waals surface area contributed by atoms with Crippen LogP contribution in [0.15, 0.2) is 59.8 Å². The molecule has 0 atom stereocenters.